The molecule has 0 atom stereocenters. The quantitative estimate of drug-likeness (QED) is 0.235. The minimum absolute atomic E-state index is 0.0560. The Morgan fingerprint density at radius 2 is 1.89 bits per heavy atom. The molecule has 0 spiro atoms. The van der Waals surface area contributed by atoms with Crippen LogP contribution in [-0.2, 0) is 15.0 Å². The molecule has 6 N–H and O–H groups in total. The maximum atomic E-state index is 12.9. The Kier molecular flexibility index (Phi) is 8.31. The van der Waals surface area contributed by atoms with Crippen molar-refractivity contribution in [2.75, 3.05) is 36.7 Å². The number of aromatic amines is 1. The van der Waals surface area contributed by atoms with E-state index in [4.69, 9.17) is 10.8 Å². The highest BCUT2D eigenvalue weighted by atomic mass is 32.3. The molecule has 0 aliphatic rings. The van der Waals surface area contributed by atoms with E-state index in [-0.39, 0.29) is 29.4 Å². The van der Waals surface area contributed by atoms with Crippen LogP contribution in [0.25, 0.3) is 16.9 Å². The van der Waals surface area contributed by atoms with Crippen molar-refractivity contribution in [2.45, 2.75) is 4.90 Å². The molecule has 0 bridgehead atoms. The summed E-state index contributed by atoms with van der Waals surface area (Å²) in [6, 6.07) is 10.6. The van der Waals surface area contributed by atoms with Gasteiger partial charge in [-0.15, -0.1) is 3.89 Å². The molecular formula is C21H22FN7O6S. The largest absolute Gasteiger partial charge is 0.394 e. The van der Waals surface area contributed by atoms with E-state index in [1.807, 2.05) is 0 Å². The number of fused-ring (bicyclic) bond motifs is 1. The van der Waals surface area contributed by atoms with Crippen molar-refractivity contribution in [3.05, 3.63) is 65.2 Å². The number of aliphatic hydroxyl groups is 1. The summed E-state index contributed by atoms with van der Waals surface area (Å²) in [5.41, 5.74) is 6.75. The van der Waals surface area contributed by atoms with E-state index in [1.54, 1.807) is 35.9 Å². The maximum absolute atomic E-state index is 12.9. The first kappa shape index (κ1) is 26.3. The third kappa shape index (κ3) is 6.62. The molecule has 0 aliphatic heterocycles. The molecule has 15 heteroatoms. The van der Waals surface area contributed by atoms with Gasteiger partial charge in [0, 0.05) is 18.5 Å². The molecule has 4 aromatic rings. The van der Waals surface area contributed by atoms with E-state index in [2.05, 4.69) is 30.3 Å². The van der Waals surface area contributed by atoms with Gasteiger partial charge in [-0.1, -0.05) is 6.07 Å². The predicted octanol–water partition coefficient (Wildman–Crippen LogP) is 1.62. The van der Waals surface area contributed by atoms with Gasteiger partial charge in [0.25, 0.3) is 5.56 Å². The number of benzene rings is 2. The number of hydrogen-bond donors (Lipinski definition) is 5. The molecule has 13 nitrogen and oxygen atoms in total. The molecule has 0 unspecified atom stereocenters. The summed E-state index contributed by atoms with van der Waals surface area (Å²) in [4.78, 5) is 34.2. The molecule has 4 rings (SSSR count). The van der Waals surface area contributed by atoms with Crippen LogP contribution in [0.4, 0.5) is 26.0 Å². The first-order valence-corrected chi connectivity index (χ1v) is 11.6. The molecule has 0 fully saturated rings. The van der Waals surface area contributed by atoms with Crippen molar-refractivity contribution in [1.82, 2.24) is 19.5 Å². The molecule has 2 aromatic carbocycles. The number of ether oxygens (including phenoxy) is 1. The zero-order valence-electron chi connectivity index (χ0n) is 18.8. The Morgan fingerprint density at radius 1 is 1.19 bits per heavy atom. The van der Waals surface area contributed by atoms with E-state index in [9.17, 15) is 21.9 Å². The molecule has 0 radical (unpaired) electrons. The van der Waals surface area contributed by atoms with Crippen LogP contribution in [0.2, 0.25) is 0 Å². The first-order valence-electron chi connectivity index (χ1n) is 10.2. The second-order valence-electron chi connectivity index (χ2n) is 7.05. The molecule has 2 amide bonds. The number of amides is 2. The number of anilines is 3. The number of carbonyl (C=O) groups excluding carboxylic acids is 1. The van der Waals surface area contributed by atoms with Crippen LogP contribution >= 0.6 is 0 Å². The van der Waals surface area contributed by atoms with Crippen LogP contribution in [0.1, 0.15) is 0 Å². The fourth-order valence-electron chi connectivity index (χ4n) is 2.93. The highest BCUT2D eigenvalue weighted by molar-refractivity contribution is 7.86. The van der Waals surface area contributed by atoms with Crippen molar-refractivity contribution in [3.63, 3.8) is 0 Å². The third-order valence-corrected chi connectivity index (χ3v) is 5.33. The van der Waals surface area contributed by atoms with Gasteiger partial charge in [-0.3, -0.25) is 14.3 Å². The number of hydrogen-bond acceptors (Lipinski definition) is 9. The van der Waals surface area contributed by atoms with Crippen LogP contribution in [-0.4, -0.2) is 59.4 Å². The van der Waals surface area contributed by atoms with Crippen LogP contribution in [0.3, 0.4) is 0 Å². The maximum Gasteiger partial charge on any atom is 0.332 e. The van der Waals surface area contributed by atoms with Crippen molar-refractivity contribution in [3.8, 4) is 5.69 Å². The molecule has 0 saturated heterocycles. The lowest BCUT2D eigenvalue weighted by Gasteiger charge is -2.10. The highest BCUT2D eigenvalue weighted by Crippen LogP contribution is 2.20. The lowest BCUT2D eigenvalue weighted by molar-refractivity contribution is 0.135. The number of aliphatic hydroxyl groups excluding tert-OH is 1. The molecular weight excluding hydrogens is 497 g/mol. The van der Waals surface area contributed by atoms with Crippen molar-refractivity contribution < 1.29 is 26.9 Å². The Bertz CT molecular complexity index is 1520. The summed E-state index contributed by atoms with van der Waals surface area (Å²) in [5, 5.41) is 13.1. The number of H-pyrrole nitrogens is 1. The predicted molar refractivity (Wildman–Crippen MR) is 130 cm³/mol. The fraction of sp³-hybridized carbons (Fsp3) is 0.143. The van der Waals surface area contributed by atoms with Gasteiger partial charge in [0.15, 0.2) is 11.2 Å². The zero-order chi connectivity index (χ0) is 26.3. The summed E-state index contributed by atoms with van der Waals surface area (Å²) in [5.74, 6) is -0.0560. The number of nitrogen functional groups attached to an aromatic ring is 1. The number of halogens is 1. The minimum Gasteiger partial charge on any atom is -0.394 e. The van der Waals surface area contributed by atoms with Gasteiger partial charge < -0.3 is 26.2 Å². The van der Waals surface area contributed by atoms with Crippen molar-refractivity contribution in [2.24, 2.45) is 0 Å². The van der Waals surface area contributed by atoms with Gasteiger partial charge in [-0.25, -0.2) is 9.78 Å². The monoisotopic (exact) mass is 519 g/mol. The molecule has 2 heterocycles. The number of carbonyl (C=O) groups is 1. The number of nitrogens with zero attached hydrogens (tertiary/aromatic N) is 3. The number of nitrogens with two attached hydrogens (primary N) is 1. The number of methoxy groups -OCH3 is 1. The summed E-state index contributed by atoms with van der Waals surface area (Å²) >= 11 is 0. The first-order chi connectivity index (χ1) is 17.1. The fourth-order valence-corrected chi connectivity index (χ4v) is 3.40. The van der Waals surface area contributed by atoms with E-state index >= 15 is 0 Å². The normalized spacial score (nSPS) is 11.0. The molecule has 0 aliphatic carbocycles. The van der Waals surface area contributed by atoms with Gasteiger partial charge in [-0.05, 0) is 42.5 Å². The van der Waals surface area contributed by atoms with Crippen LogP contribution in [0.5, 0.6) is 0 Å². The standard InChI is InChI=1S/C18H14FN7O4S.C3H8O2/c19-31(29,30)13-6-4-10(5-7-13)22-18(28)23-11-2-1-3-12(8-11)26-9-21-14-15(26)24-17(20)25-16(14)27;1-5-3-2-4/h1-9H,(H2,22,23,28)(H3,20,24,25,27);4H,2-3H2,1H3. The molecule has 36 heavy (non-hydrogen) atoms. The van der Waals surface area contributed by atoms with E-state index in [0.29, 0.717) is 18.0 Å². The number of nitrogens with one attached hydrogen (secondary N) is 3. The Labute approximate surface area is 204 Å². The second kappa shape index (κ2) is 11.4. The lowest BCUT2D eigenvalue weighted by Crippen LogP contribution is -2.19. The SMILES string of the molecule is COCCO.Nc1nc2c(ncn2-c2cccc(NC(=O)Nc3ccc(S(=O)(=O)F)cc3)c2)c(=O)[nH]1. The number of imidazole rings is 1. The topological polar surface area (TPSA) is 194 Å². The van der Waals surface area contributed by atoms with Gasteiger partial charge in [0.05, 0.1) is 23.8 Å². The lowest BCUT2D eigenvalue weighted by atomic mass is 10.2. The van der Waals surface area contributed by atoms with Crippen LogP contribution in [0.15, 0.2) is 64.5 Å². The second-order valence-corrected chi connectivity index (χ2v) is 8.39. The summed E-state index contributed by atoms with van der Waals surface area (Å²) < 4.78 is 40.6. The molecule has 0 saturated carbocycles. The van der Waals surface area contributed by atoms with Crippen LogP contribution < -0.4 is 21.9 Å². The van der Waals surface area contributed by atoms with Gasteiger partial charge in [0.2, 0.25) is 5.95 Å². The Balaban J connectivity index is 0.000000658. The number of aromatic nitrogens is 4. The highest BCUT2D eigenvalue weighted by Gasteiger charge is 2.13. The van der Waals surface area contributed by atoms with Gasteiger partial charge in [-0.2, -0.15) is 13.4 Å². The Hall–Kier alpha value is -4.34. The average Bonchev–Trinajstić information content (AvgIpc) is 3.24. The van der Waals surface area contributed by atoms with Crippen molar-refractivity contribution in [1.29, 1.82) is 0 Å². The Morgan fingerprint density at radius 3 is 2.50 bits per heavy atom. The molecule has 190 valence electrons. The van der Waals surface area contributed by atoms with E-state index in [0.717, 1.165) is 12.1 Å². The van der Waals surface area contributed by atoms with E-state index < -0.39 is 26.7 Å². The van der Waals surface area contributed by atoms with Gasteiger partial charge >= 0.3 is 16.3 Å². The summed E-state index contributed by atoms with van der Waals surface area (Å²) in [6.45, 7) is 0.566. The summed E-state index contributed by atoms with van der Waals surface area (Å²) in [6.07, 6.45) is 1.41. The number of rotatable bonds is 6. The van der Waals surface area contributed by atoms with Gasteiger partial charge in [0.1, 0.15) is 6.33 Å². The summed E-state index contributed by atoms with van der Waals surface area (Å²) in [7, 11) is -3.26. The van der Waals surface area contributed by atoms with Crippen molar-refractivity contribution >= 4 is 44.7 Å². The molecule has 2 aromatic heterocycles. The zero-order valence-corrected chi connectivity index (χ0v) is 19.6. The van der Waals surface area contributed by atoms with Crippen LogP contribution in [0, 0.1) is 0 Å². The van der Waals surface area contributed by atoms with E-state index in [1.165, 1.54) is 18.5 Å². The smallest absolute Gasteiger partial charge is 0.332 e. The average molecular weight is 520 g/mol. The third-order valence-electron chi connectivity index (χ3n) is 4.50. The minimum atomic E-state index is -4.81. The number of urea groups is 1.